The first-order valence-corrected chi connectivity index (χ1v) is 9.90. The molecule has 1 aliphatic rings. The number of imidazole rings is 1. The van der Waals surface area contributed by atoms with Crippen LogP contribution in [0.2, 0.25) is 0 Å². The van der Waals surface area contributed by atoms with Crippen molar-refractivity contribution in [3.05, 3.63) is 65.5 Å². The topological polar surface area (TPSA) is 81.5 Å². The number of esters is 1. The summed E-state index contributed by atoms with van der Waals surface area (Å²) in [7, 11) is 0. The van der Waals surface area contributed by atoms with Crippen LogP contribution < -0.4 is 0 Å². The highest BCUT2D eigenvalue weighted by atomic mass is 19.4. The number of rotatable bonds is 7. The van der Waals surface area contributed by atoms with E-state index in [2.05, 4.69) is 4.98 Å². The smallest absolute Gasteiger partial charge is 0.449 e. The van der Waals surface area contributed by atoms with Gasteiger partial charge in [0.15, 0.2) is 0 Å². The lowest BCUT2D eigenvalue weighted by atomic mass is 10.1. The molecule has 0 radical (unpaired) electrons. The number of para-hydroxylation sites is 2. The van der Waals surface area contributed by atoms with E-state index in [-0.39, 0.29) is 36.0 Å². The van der Waals surface area contributed by atoms with E-state index in [1.807, 2.05) is 0 Å². The van der Waals surface area contributed by atoms with E-state index in [0.717, 1.165) is 9.47 Å². The molecule has 10 heteroatoms. The quantitative estimate of drug-likeness (QED) is 0.315. The highest BCUT2D eigenvalue weighted by molar-refractivity contribution is 6.21. The molecule has 0 aliphatic carbocycles. The minimum absolute atomic E-state index is 0.0457. The standard InChI is InChI=1S/C22H18F3N3O4/c23-22(24,25)21-26-16-9-3-4-10-17(16)28(21)13-18(29)32-12-6-5-11-27-19(30)14-7-1-2-8-15(14)20(27)31/h1-4,7-10H,5-6,11-13H2. The number of aromatic nitrogens is 2. The van der Waals surface area contributed by atoms with Crippen LogP contribution in [0.4, 0.5) is 13.2 Å². The minimum Gasteiger partial charge on any atom is -0.464 e. The van der Waals surface area contributed by atoms with Crippen LogP contribution in [0, 0.1) is 0 Å². The minimum atomic E-state index is -4.72. The van der Waals surface area contributed by atoms with Crippen LogP contribution in [0.25, 0.3) is 11.0 Å². The predicted molar refractivity (Wildman–Crippen MR) is 107 cm³/mol. The number of ether oxygens (including phenoxy) is 1. The molecule has 7 nitrogen and oxygen atoms in total. The summed E-state index contributed by atoms with van der Waals surface area (Å²) >= 11 is 0. The van der Waals surface area contributed by atoms with Crippen LogP contribution in [0.1, 0.15) is 39.4 Å². The third-order valence-electron chi connectivity index (χ3n) is 5.11. The van der Waals surface area contributed by atoms with Crippen molar-refractivity contribution in [2.24, 2.45) is 0 Å². The first-order chi connectivity index (χ1) is 15.3. The lowest BCUT2D eigenvalue weighted by Gasteiger charge is -2.14. The molecule has 0 unspecified atom stereocenters. The number of unbranched alkanes of at least 4 members (excludes halogenated alkanes) is 1. The number of amides is 2. The third-order valence-corrected chi connectivity index (χ3v) is 5.11. The number of halogens is 3. The summed E-state index contributed by atoms with van der Waals surface area (Å²) in [4.78, 5) is 41.5. The van der Waals surface area contributed by atoms with E-state index in [9.17, 15) is 27.6 Å². The third kappa shape index (κ3) is 4.08. The molecule has 0 atom stereocenters. The van der Waals surface area contributed by atoms with Crippen LogP contribution in [0.5, 0.6) is 0 Å². The van der Waals surface area contributed by atoms with Gasteiger partial charge in [-0.25, -0.2) is 4.98 Å². The van der Waals surface area contributed by atoms with Gasteiger partial charge in [0, 0.05) is 6.54 Å². The zero-order valence-electron chi connectivity index (χ0n) is 16.8. The lowest BCUT2D eigenvalue weighted by Crippen LogP contribution is -2.30. The number of fused-ring (bicyclic) bond motifs is 2. The molecule has 1 aromatic heterocycles. The average Bonchev–Trinajstić information content (AvgIpc) is 3.25. The zero-order chi connectivity index (χ0) is 22.9. The molecule has 0 spiro atoms. The molecule has 0 fully saturated rings. The molecule has 3 aromatic rings. The highest BCUT2D eigenvalue weighted by Crippen LogP contribution is 2.31. The monoisotopic (exact) mass is 445 g/mol. The molecule has 32 heavy (non-hydrogen) atoms. The van der Waals surface area contributed by atoms with Gasteiger partial charge in [0.25, 0.3) is 11.8 Å². The fourth-order valence-corrected chi connectivity index (χ4v) is 3.63. The van der Waals surface area contributed by atoms with Gasteiger partial charge in [0.1, 0.15) is 6.54 Å². The fraction of sp³-hybridized carbons (Fsp3) is 0.273. The van der Waals surface area contributed by atoms with Gasteiger partial charge >= 0.3 is 12.1 Å². The van der Waals surface area contributed by atoms with Crippen LogP contribution in [-0.4, -0.2) is 45.4 Å². The first-order valence-electron chi connectivity index (χ1n) is 9.90. The number of hydrogen-bond donors (Lipinski definition) is 0. The largest absolute Gasteiger partial charge is 0.464 e. The van der Waals surface area contributed by atoms with Gasteiger partial charge in [-0.15, -0.1) is 0 Å². The van der Waals surface area contributed by atoms with Gasteiger partial charge in [-0.05, 0) is 37.1 Å². The van der Waals surface area contributed by atoms with Crippen molar-refractivity contribution < 1.29 is 32.3 Å². The Labute approximate surface area is 180 Å². The SMILES string of the molecule is O=C(Cn1c(C(F)(F)F)nc2ccccc21)OCCCCN1C(=O)c2ccccc2C1=O. The second kappa shape index (κ2) is 8.45. The molecule has 0 saturated carbocycles. The first kappa shape index (κ1) is 21.5. The summed E-state index contributed by atoms with van der Waals surface area (Å²) in [5.74, 6) is -2.73. The zero-order valence-corrected chi connectivity index (χ0v) is 16.8. The van der Waals surface area contributed by atoms with Gasteiger partial charge in [0.05, 0.1) is 28.8 Å². The maximum atomic E-state index is 13.3. The normalized spacial score (nSPS) is 13.7. The van der Waals surface area contributed by atoms with Crippen LogP contribution in [0.15, 0.2) is 48.5 Å². The summed E-state index contributed by atoms with van der Waals surface area (Å²) in [5.41, 5.74) is 1.03. The van der Waals surface area contributed by atoms with Gasteiger partial charge < -0.3 is 9.30 Å². The van der Waals surface area contributed by atoms with Gasteiger partial charge in [-0.1, -0.05) is 24.3 Å². The Morgan fingerprint density at radius 3 is 2.22 bits per heavy atom. The maximum Gasteiger partial charge on any atom is 0.449 e. The van der Waals surface area contributed by atoms with Crippen LogP contribution in [-0.2, 0) is 22.3 Å². The van der Waals surface area contributed by atoms with E-state index in [1.54, 1.807) is 36.4 Å². The second-order valence-electron chi connectivity index (χ2n) is 7.24. The van der Waals surface area contributed by atoms with E-state index in [1.165, 1.54) is 12.1 Å². The summed E-state index contributed by atoms with van der Waals surface area (Å²) in [5, 5.41) is 0. The van der Waals surface area contributed by atoms with Crippen LogP contribution in [0.3, 0.4) is 0 Å². The van der Waals surface area contributed by atoms with Gasteiger partial charge in [-0.3, -0.25) is 19.3 Å². The highest BCUT2D eigenvalue weighted by Gasteiger charge is 2.38. The number of nitrogens with zero attached hydrogens (tertiary/aromatic N) is 3. The number of hydrogen-bond acceptors (Lipinski definition) is 5. The maximum absolute atomic E-state index is 13.3. The molecule has 2 amide bonds. The molecule has 1 aliphatic heterocycles. The summed E-state index contributed by atoms with van der Waals surface area (Å²) < 4.78 is 45.8. The lowest BCUT2D eigenvalue weighted by molar-refractivity contribution is -0.150. The Bertz CT molecular complexity index is 1170. The second-order valence-corrected chi connectivity index (χ2v) is 7.24. The van der Waals surface area contributed by atoms with Crippen molar-refractivity contribution in [1.82, 2.24) is 14.5 Å². The Kier molecular flexibility index (Phi) is 5.68. The van der Waals surface area contributed by atoms with Crippen molar-refractivity contribution in [2.75, 3.05) is 13.2 Å². The molecule has 4 rings (SSSR count). The average molecular weight is 445 g/mol. The Hall–Kier alpha value is -3.69. The number of alkyl halides is 3. The number of benzene rings is 2. The molecular formula is C22H18F3N3O4. The summed E-state index contributed by atoms with van der Waals surface area (Å²) in [6, 6.07) is 12.6. The number of carbonyl (C=O) groups is 3. The fourth-order valence-electron chi connectivity index (χ4n) is 3.63. The molecule has 0 saturated heterocycles. The van der Waals surface area contributed by atoms with Crippen molar-refractivity contribution >= 4 is 28.8 Å². The summed E-state index contributed by atoms with van der Waals surface area (Å²) in [6.07, 6.45) is -3.98. The molecule has 2 heterocycles. The Morgan fingerprint density at radius 1 is 0.938 bits per heavy atom. The van der Waals surface area contributed by atoms with Crippen LogP contribution >= 0.6 is 0 Å². The van der Waals surface area contributed by atoms with Crippen molar-refractivity contribution in [3.8, 4) is 0 Å². The van der Waals surface area contributed by atoms with Crippen molar-refractivity contribution in [1.29, 1.82) is 0 Å². The Morgan fingerprint density at radius 2 is 1.56 bits per heavy atom. The van der Waals surface area contributed by atoms with E-state index < -0.39 is 24.5 Å². The molecule has 0 bridgehead atoms. The summed E-state index contributed by atoms with van der Waals surface area (Å²) in [6.45, 7) is -0.516. The molecule has 2 aromatic carbocycles. The number of carbonyl (C=O) groups excluding carboxylic acids is 3. The van der Waals surface area contributed by atoms with Gasteiger partial charge in [-0.2, -0.15) is 13.2 Å². The predicted octanol–water partition coefficient (Wildman–Crippen LogP) is 3.67. The molecular weight excluding hydrogens is 427 g/mol. The molecule has 166 valence electrons. The van der Waals surface area contributed by atoms with Crippen molar-refractivity contribution in [3.63, 3.8) is 0 Å². The van der Waals surface area contributed by atoms with E-state index in [0.29, 0.717) is 24.0 Å². The molecule has 0 N–H and O–H groups in total. The van der Waals surface area contributed by atoms with E-state index >= 15 is 0 Å². The number of imide groups is 1. The van der Waals surface area contributed by atoms with Gasteiger partial charge in [0.2, 0.25) is 5.82 Å². The van der Waals surface area contributed by atoms with Crippen molar-refractivity contribution in [2.45, 2.75) is 25.6 Å². The van der Waals surface area contributed by atoms with E-state index in [4.69, 9.17) is 4.74 Å². The Balaban J connectivity index is 1.30.